The minimum atomic E-state index is -0.106. The third kappa shape index (κ3) is 3.74. The predicted molar refractivity (Wildman–Crippen MR) is 72.4 cm³/mol. The predicted octanol–water partition coefficient (Wildman–Crippen LogP) is 1.86. The SMILES string of the molecule is CCC(CN)C(=O)N[C@@H](C)c1ccc(OC)cc1. The van der Waals surface area contributed by atoms with Crippen LogP contribution in [0, 0.1) is 5.92 Å². The molecule has 1 aromatic carbocycles. The lowest BCUT2D eigenvalue weighted by Crippen LogP contribution is -2.36. The molecule has 0 fully saturated rings. The van der Waals surface area contributed by atoms with Gasteiger partial charge in [-0.15, -0.1) is 0 Å². The number of nitrogens with one attached hydrogen (secondary N) is 1. The number of rotatable bonds is 6. The van der Waals surface area contributed by atoms with E-state index < -0.39 is 0 Å². The van der Waals surface area contributed by atoms with Gasteiger partial charge in [0, 0.05) is 12.5 Å². The van der Waals surface area contributed by atoms with Crippen LogP contribution in [0.3, 0.4) is 0 Å². The number of amides is 1. The molecule has 4 heteroatoms. The van der Waals surface area contributed by atoms with Crippen LogP contribution < -0.4 is 15.8 Å². The summed E-state index contributed by atoms with van der Waals surface area (Å²) >= 11 is 0. The molecule has 0 radical (unpaired) electrons. The summed E-state index contributed by atoms with van der Waals surface area (Å²) in [7, 11) is 1.63. The van der Waals surface area contributed by atoms with Crippen molar-refractivity contribution in [2.24, 2.45) is 11.7 Å². The van der Waals surface area contributed by atoms with Crippen molar-refractivity contribution < 1.29 is 9.53 Å². The summed E-state index contributed by atoms with van der Waals surface area (Å²) in [6.07, 6.45) is 0.762. The molecule has 0 spiro atoms. The molecule has 1 amide bonds. The summed E-state index contributed by atoms with van der Waals surface area (Å²) < 4.78 is 5.10. The van der Waals surface area contributed by atoms with E-state index in [9.17, 15) is 4.79 Å². The number of hydrogen-bond donors (Lipinski definition) is 2. The van der Waals surface area contributed by atoms with Gasteiger partial charge in [-0.05, 0) is 31.0 Å². The van der Waals surface area contributed by atoms with E-state index in [2.05, 4.69) is 5.32 Å². The second-order valence-electron chi connectivity index (χ2n) is 4.34. The van der Waals surface area contributed by atoms with Gasteiger partial charge in [0.2, 0.25) is 5.91 Å². The number of carbonyl (C=O) groups is 1. The molecule has 1 rings (SSSR count). The highest BCUT2D eigenvalue weighted by molar-refractivity contribution is 5.79. The quantitative estimate of drug-likeness (QED) is 0.810. The van der Waals surface area contributed by atoms with E-state index >= 15 is 0 Å². The summed E-state index contributed by atoms with van der Waals surface area (Å²) in [5, 5.41) is 2.98. The first-order chi connectivity index (χ1) is 8.62. The third-order valence-corrected chi connectivity index (χ3v) is 3.12. The lowest BCUT2D eigenvalue weighted by Gasteiger charge is -2.18. The van der Waals surface area contributed by atoms with Crippen molar-refractivity contribution in [1.29, 1.82) is 0 Å². The largest absolute Gasteiger partial charge is 0.497 e. The molecule has 1 unspecified atom stereocenters. The average Bonchev–Trinajstić information content (AvgIpc) is 2.40. The van der Waals surface area contributed by atoms with E-state index in [1.54, 1.807) is 7.11 Å². The first-order valence-electron chi connectivity index (χ1n) is 6.26. The Balaban J connectivity index is 2.63. The Labute approximate surface area is 109 Å². The molecule has 0 saturated carbocycles. The van der Waals surface area contributed by atoms with Gasteiger partial charge in [-0.2, -0.15) is 0 Å². The van der Waals surface area contributed by atoms with Crippen molar-refractivity contribution in [3.05, 3.63) is 29.8 Å². The fourth-order valence-corrected chi connectivity index (χ4v) is 1.77. The molecule has 0 saturated heterocycles. The maximum absolute atomic E-state index is 11.9. The lowest BCUT2D eigenvalue weighted by molar-refractivity contribution is -0.125. The molecule has 0 bridgehead atoms. The normalized spacial score (nSPS) is 13.8. The van der Waals surface area contributed by atoms with E-state index in [1.165, 1.54) is 0 Å². The van der Waals surface area contributed by atoms with Crippen LogP contribution in [0.5, 0.6) is 5.75 Å². The monoisotopic (exact) mass is 250 g/mol. The first-order valence-corrected chi connectivity index (χ1v) is 6.26. The summed E-state index contributed by atoms with van der Waals surface area (Å²) in [6, 6.07) is 7.65. The molecule has 2 atom stereocenters. The van der Waals surface area contributed by atoms with Gasteiger partial charge in [-0.25, -0.2) is 0 Å². The Morgan fingerprint density at radius 1 is 1.39 bits per heavy atom. The third-order valence-electron chi connectivity index (χ3n) is 3.12. The number of nitrogens with two attached hydrogens (primary N) is 1. The van der Waals surface area contributed by atoms with Crippen LogP contribution in [0.15, 0.2) is 24.3 Å². The molecule has 1 aromatic rings. The maximum atomic E-state index is 11.9. The fraction of sp³-hybridized carbons (Fsp3) is 0.500. The summed E-state index contributed by atoms with van der Waals surface area (Å²) in [6.45, 7) is 4.32. The smallest absolute Gasteiger partial charge is 0.224 e. The summed E-state index contributed by atoms with van der Waals surface area (Å²) in [4.78, 5) is 11.9. The molecule has 0 aliphatic carbocycles. The zero-order valence-electron chi connectivity index (χ0n) is 11.3. The Hall–Kier alpha value is -1.55. The van der Waals surface area contributed by atoms with E-state index in [-0.39, 0.29) is 17.9 Å². The van der Waals surface area contributed by atoms with Gasteiger partial charge in [-0.1, -0.05) is 19.1 Å². The Kier molecular flexibility index (Phi) is 5.65. The number of benzene rings is 1. The van der Waals surface area contributed by atoms with Crippen LogP contribution >= 0.6 is 0 Å². The molecular formula is C14H22N2O2. The summed E-state index contributed by atoms with van der Waals surface area (Å²) in [5.74, 6) is 0.722. The van der Waals surface area contributed by atoms with Crippen LogP contribution in [0.1, 0.15) is 31.9 Å². The average molecular weight is 250 g/mol. The topological polar surface area (TPSA) is 64.4 Å². The summed E-state index contributed by atoms with van der Waals surface area (Å²) in [5.41, 5.74) is 6.61. The maximum Gasteiger partial charge on any atom is 0.224 e. The highest BCUT2D eigenvalue weighted by Crippen LogP contribution is 2.17. The zero-order chi connectivity index (χ0) is 13.5. The van der Waals surface area contributed by atoms with E-state index in [1.807, 2.05) is 38.1 Å². The highest BCUT2D eigenvalue weighted by Gasteiger charge is 2.17. The minimum Gasteiger partial charge on any atom is -0.497 e. The molecule has 0 aliphatic rings. The lowest BCUT2D eigenvalue weighted by atomic mass is 10.0. The number of hydrogen-bond acceptors (Lipinski definition) is 3. The molecule has 0 aliphatic heterocycles. The highest BCUT2D eigenvalue weighted by atomic mass is 16.5. The van der Waals surface area contributed by atoms with Gasteiger partial charge in [0.15, 0.2) is 0 Å². The van der Waals surface area contributed by atoms with Crippen molar-refractivity contribution in [3.8, 4) is 5.75 Å². The molecule has 100 valence electrons. The molecule has 18 heavy (non-hydrogen) atoms. The molecular weight excluding hydrogens is 228 g/mol. The number of methoxy groups -OCH3 is 1. The van der Waals surface area contributed by atoms with Crippen LogP contribution in [-0.2, 0) is 4.79 Å². The van der Waals surface area contributed by atoms with Gasteiger partial charge < -0.3 is 15.8 Å². The van der Waals surface area contributed by atoms with E-state index in [0.29, 0.717) is 6.54 Å². The van der Waals surface area contributed by atoms with Gasteiger partial charge in [-0.3, -0.25) is 4.79 Å². The van der Waals surface area contributed by atoms with Crippen LogP contribution in [-0.4, -0.2) is 19.6 Å². The van der Waals surface area contributed by atoms with Gasteiger partial charge in [0.25, 0.3) is 0 Å². The van der Waals surface area contributed by atoms with Gasteiger partial charge in [0.1, 0.15) is 5.75 Å². The Morgan fingerprint density at radius 3 is 2.44 bits per heavy atom. The Bertz CT molecular complexity index is 372. The minimum absolute atomic E-state index is 0.0170. The second-order valence-corrected chi connectivity index (χ2v) is 4.34. The number of carbonyl (C=O) groups excluding carboxylic acids is 1. The van der Waals surface area contributed by atoms with Crippen molar-refractivity contribution in [2.75, 3.05) is 13.7 Å². The van der Waals surface area contributed by atoms with Gasteiger partial charge >= 0.3 is 0 Å². The number of ether oxygens (including phenoxy) is 1. The standard InChI is InChI=1S/C14H22N2O2/c1-4-11(9-15)14(17)16-10(2)12-5-7-13(18-3)8-6-12/h5-8,10-11H,4,9,15H2,1-3H3,(H,16,17)/t10-,11?/m0/s1. The van der Waals surface area contributed by atoms with Crippen molar-refractivity contribution in [3.63, 3.8) is 0 Å². The van der Waals surface area contributed by atoms with E-state index in [0.717, 1.165) is 17.7 Å². The zero-order valence-corrected chi connectivity index (χ0v) is 11.3. The second kappa shape index (κ2) is 7.01. The molecule has 3 N–H and O–H groups in total. The van der Waals surface area contributed by atoms with Crippen molar-refractivity contribution in [2.45, 2.75) is 26.3 Å². The van der Waals surface area contributed by atoms with E-state index in [4.69, 9.17) is 10.5 Å². The molecule has 0 aromatic heterocycles. The first kappa shape index (κ1) is 14.5. The van der Waals surface area contributed by atoms with Crippen molar-refractivity contribution in [1.82, 2.24) is 5.32 Å². The molecule has 0 heterocycles. The van der Waals surface area contributed by atoms with Crippen LogP contribution in [0.2, 0.25) is 0 Å². The fourth-order valence-electron chi connectivity index (χ4n) is 1.77. The van der Waals surface area contributed by atoms with Crippen molar-refractivity contribution >= 4 is 5.91 Å². The van der Waals surface area contributed by atoms with Crippen LogP contribution in [0.4, 0.5) is 0 Å². The van der Waals surface area contributed by atoms with Crippen LogP contribution in [0.25, 0.3) is 0 Å². The molecule has 4 nitrogen and oxygen atoms in total. The Morgan fingerprint density at radius 2 is 2.00 bits per heavy atom. The van der Waals surface area contributed by atoms with Gasteiger partial charge in [0.05, 0.1) is 13.2 Å².